The maximum absolute atomic E-state index is 12.0. The molecule has 0 saturated heterocycles. The zero-order chi connectivity index (χ0) is 13.4. The molecule has 3 rings (SSSR count). The number of aryl methyl sites for hydroxylation is 1. The van der Waals surface area contributed by atoms with Crippen LogP contribution < -0.4 is 5.32 Å². The van der Waals surface area contributed by atoms with E-state index in [1.54, 1.807) is 29.0 Å². The number of hydrogen-bond acceptors (Lipinski definition) is 2. The van der Waals surface area contributed by atoms with Gasteiger partial charge in [0.25, 0.3) is 5.91 Å². The van der Waals surface area contributed by atoms with Gasteiger partial charge in [0, 0.05) is 13.2 Å². The Kier molecular flexibility index (Phi) is 2.76. The van der Waals surface area contributed by atoms with Crippen LogP contribution in [0.15, 0.2) is 36.5 Å². The van der Waals surface area contributed by atoms with E-state index in [2.05, 4.69) is 15.3 Å². The van der Waals surface area contributed by atoms with Gasteiger partial charge >= 0.3 is 0 Å². The molecule has 2 aromatic heterocycles. The number of fused-ring (bicyclic) bond motifs is 1. The molecule has 0 spiro atoms. The van der Waals surface area contributed by atoms with Crippen molar-refractivity contribution in [3.05, 3.63) is 47.2 Å². The summed E-state index contributed by atoms with van der Waals surface area (Å²) in [6.45, 7) is 0. The zero-order valence-corrected chi connectivity index (χ0v) is 10.9. The quantitative estimate of drug-likeness (QED) is 0.755. The Morgan fingerprint density at radius 1 is 1.37 bits per heavy atom. The minimum Gasteiger partial charge on any atom is -0.357 e. The van der Waals surface area contributed by atoms with Crippen molar-refractivity contribution in [2.24, 2.45) is 7.05 Å². The lowest BCUT2D eigenvalue weighted by Crippen LogP contribution is -2.15. The topological polar surface area (TPSA) is 62.7 Å². The number of hydrogen-bond donors (Lipinski definition) is 2. The number of rotatable bonds is 2. The van der Waals surface area contributed by atoms with Gasteiger partial charge in [0.15, 0.2) is 0 Å². The van der Waals surface area contributed by atoms with E-state index in [9.17, 15) is 4.79 Å². The van der Waals surface area contributed by atoms with Gasteiger partial charge in [-0.15, -0.1) is 0 Å². The number of aromatic nitrogens is 3. The summed E-state index contributed by atoms with van der Waals surface area (Å²) in [6, 6.07) is 8.94. The lowest BCUT2D eigenvalue weighted by molar-refractivity contribution is 0.102. The Labute approximate surface area is 114 Å². The van der Waals surface area contributed by atoms with Crippen LogP contribution in [0.25, 0.3) is 11.0 Å². The Balaban J connectivity index is 2.00. The van der Waals surface area contributed by atoms with Crippen molar-refractivity contribution in [3.63, 3.8) is 0 Å². The van der Waals surface area contributed by atoms with E-state index in [0.29, 0.717) is 16.7 Å². The summed E-state index contributed by atoms with van der Waals surface area (Å²) < 4.78 is 1.76. The van der Waals surface area contributed by atoms with Crippen molar-refractivity contribution >= 4 is 34.5 Å². The van der Waals surface area contributed by atoms with Crippen LogP contribution in [0.4, 0.5) is 5.95 Å². The summed E-state index contributed by atoms with van der Waals surface area (Å²) in [6.07, 6.45) is 1.70. The molecule has 0 bridgehead atoms. The maximum atomic E-state index is 12.0. The highest BCUT2D eigenvalue weighted by molar-refractivity contribution is 6.35. The number of H-pyrrole nitrogens is 1. The number of nitrogens with zero attached hydrogens (tertiary/aromatic N) is 2. The average molecular weight is 275 g/mol. The van der Waals surface area contributed by atoms with Crippen LogP contribution in [0.2, 0.25) is 5.02 Å². The number of carbonyl (C=O) groups is 1. The Hall–Kier alpha value is -2.27. The normalized spacial score (nSPS) is 10.8. The monoisotopic (exact) mass is 274 g/mol. The van der Waals surface area contributed by atoms with Crippen molar-refractivity contribution < 1.29 is 4.79 Å². The van der Waals surface area contributed by atoms with Crippen LogP contribution in [-0.4, -0.2) is 20.4 Å². The van der Waals surface area contributed by atoms with Crippen LogP contribution in [0, 0.1) is 0 Å². The van der Waals surface area contributed by atoms with Gasteiger partial charge in [0.1, 0.15) is 5.69 Å². The summed E-state index contributed by atoms with van der Waals surface area (Å²) in [5, 5.41) is 3.36. The molecule has 0 radical (unpaired) electrons. The molecule has 6 heteroatoms. The van der Waals surface area contributed by atoms with Crippen molar-refractivity contribution in [2.45, 2.75) is 0 Å². The molecule has 19 heavy (non-hydrogen) atoms. The Morgan fingerprint density at radius 3 is 2.89 bits per heavy atom. The van der Waals surface area contributed by atoms with Gasteiger partial charge in [-0.2, -0.15) is 0 Å². The molecule has 0 aliphatic carbocycles. The molecule has 3 aromatic rings. The predicted molar refractivity (Wildman–Crippen MR) is 74.5 cm³/mol. The van der Waals surface area contributed by atoms with E-state index in [4.69, 9.17) is 11.6 Å². The van der Waals surface area contributed by atoms with Crippen molar-refractivity contribution in [3.8, 4) is 0 Å². The van der Waals surface area contributed by atoms with Crippen LogP contribution >= 0.6 is 11.6 Å². The minimum absolute atomic E-state index is 0.237. The lowest BCUT2D eigenvalue weighted by Gasteiger charge is -2.04. The molecule has 96 valence electrons. The van der Waals surface area contributed by atoms with E-state index in [0.717, 1.165) is 11.0 Å². The molecule has 2 N–H and O–H groups in total. The Morgan fingerprint density at radius 2 is 2.21 bits per heavy atom. The van der Waals surface area contributed by atoms with E-state index in [1.165, 1.54) is 0 Å². The first-order valence-electron chi connectivity index (χ1n) is 5.72. The summed E-state index contributed by atoms with van der Waals surface area (Å²) in [5.74, 6) is 0.224. The van der Waals surface area contributed by atoms with Crippen LogP contribution in [-0.2, 0) is 7.05 Å². The summed E-state index contributed by atoms with van der Waals surface area (Å²) in [7, 11) is 1.81. The molecule has 0 aliphatic heterocycles. The highest BCUT2D eigenvalue weighted by Crippen LogP contribution is 2.25. The van der Waals surface area contributed by atoms with E-state index >= 15 is 0 Å². The van der Waals surface area contributed by atoms with Gasteiger partial charge < -0.3 is 9.55 Å². The average Bonchev–Trinajstić information content (AvgIpc) is 2.99. The van der Waals surface area contributed by atoms with E-state index < -0.39 is 0 Å². The SMILES string of the molecule is Cn1c(NC(=O)c2ccc[nH]2)nc2cccc(Cl)c21. The van der Waals surface area contributed by atoms with E-state index in [1.807, 2.05) is 19.2 Å². The Bertz CT molecular complexity index is 745. The second-order valence-corrected chi connectivity index (χ2v) is 4.55. The summed E-state index contributed by atoms with van der Waals surface area (Å²) >= 11 is 6.13. The third-order valence-corrected chi connectivity index (χ3v) is 3.22. The first-order chi connectivity index (χ1) is 9.16. The van der Waals surface area contributed by atoms with Gasteiger partial charge in [-0.05, 0) is 24.3 Å². The fourth-order valence-corrected chi connectivity index (χ4v) is 2.27. The van der Waals surface area contributed by atoms with Gasteiger partial charge in [0.2, 0.25) is 5.95 Å². The largest absolute Gasteiger partial charge is 0.357 e. The fourth-order valence-electron chi connectivity index (χ4n) is 1.97. The third-order valence-electron chi connectivity index (χ3n) is 2.91. The smallest absolute Gasteiger partial charge is 0.274 e. The number of nitrogens with one attached hydrogen (secondary N) is 2. The molecule has 0 unspecified atom stereocenters. The van der Waals surface area contributed by atoms with Gasteiger partial charge in [0.05, 0.1) is 16.1 Å². The predicted octanol–water partition coefficient (Wildman–Crippen LogP) is 2.81. The van der Waals surface area contributed by atoms with Crippen molar-refractivity contribution in [1.82, 2.24) is 14.5 Å². The molecular formula is C13H11ClN4O. The number of para-hydroxylation sites is 1. The number of imidazole rings is 1. The van der Waals surface area contributed by atoms with Crippen LogP contribution in [0.1, 0.15) is 10.5 Å². The fraction of sp³-hybridized carbons (Fsp3) is 0.0769. The van der Waals surface area contributed by atoms with Crippen molar-refractivity contribution in [2.75, 3.05) is 5.32 Å². The first-order valence-corrected chi connectivity index (χ1v) is 6.10. The summed E-state index contributed by atoms with van der Waals surface area (Å²) in [4.78, 5) is 19.2. The molecule has 1 aromatic carbocycles. The maximum Gasteiger partial charge on any atom is 0.274 e. The molecule has 0 saturated carbocycles. The number of carbonyl (C=O) groups excluding carboxylic acids is 1. The number of aromatic amines is 1. The summed E-state index contributed by atoms with van der Waals surface area (Å²) in [5.41, 5.74) is 2.03. The highest BCUT2D eigenvalue weighted by Gasteiger charge is 2.14. The number of halogens is 1. The third kappa shape index (κ3) is 1.98. The highest BCUT2D eigenvalue weighted by atomic mass is 35.5. The molecule has 0 atom stereocenters. The molecule has 2 heterocycles. The molecule has 0 fully saturated rings. The molecular weight excluding hydrogens is 264 g/mol. The standard InChI is InChI=1S/C13H11ClN4O/c1-18-11-8(14)4-2-5-9(11)16-13(18)17-12(19)10-6-3-7-15-10/h2-7,15H,1H3,(H,16,17,19). The second-order valence-electron chi connectivity index (χ2n) is 4.14. The lowest BCUT2D eigenvalue weighted by atomic mass is 10.3. The van der Waals surface area contributed by atoms with Crippen LogP contribution in [0.5, 0.6) is 0 Å². The van der Waals surface area contributed by atoms with E-state index in [-0.39, 0.29) is 5.91 Å². The van der Waals surface area contributed by atoms with Gasteiger partial charge in [-0.3, -0.25) is 10.1 Å². The first kappa shape index (κ1) is 11.8. The van der Waals surface area contributed by atoms with Gasteiger partial charge in [-0.25, -0.2) is 4.98 Å². The number of amides is 1. The zero-order valence-electron chi connectivity index (χ0n) is 10.1. The second kappa shape index (κ2) is 4.44. The van der Waals surface area contributed by atoms with Crippen molar-refractivity contribution in [1.29, 1.82) is 0 Å². The number of benzene rings is 1. The van der Waals surface area contributed by atoms with Crippen LogP contribution in [0.3, 0.4) is 0 Å². The number of anilines is 1. The minimum atomic E-state index is -0.237. The van der Waals surface area contributed by atoms with Gasteiger partial charge in [-0.1, -0.05) is 17.7 Å². The molecule has 1 amide bonds. The molecule has 0 aliphatic rings. The molecule has 5 nitrogen and oxygen atoms in total.